The standard InChI is InChI=1S/C4H9O7P/c1-10-4(11-2,3(5)6)12(7,8)9/h1-2H3,(H,5,6)(H2,7,8,9). The lowest BCUT2D eigenvalue weighted by Gasteiger charge is -2.25. The molecule has 0 aliphatic carbocycles. The van der Waals surface area contributed by atoms with Crippen LogP contribution in [0, 0.1) is 0 Å². The number of carbonyl (C=O) groups is 1. The van der Waals surface area contributed by atoms with Gasteiger partial charge in [-0.25, -0.2) is 4.79 Å². The van der Waals surface area contributed by atoms with E-state index in [0.717, 1.165) is 14.2 Å². The maximum Gasteiger partial charge on any atom is 0.397 e. The number of hydrogen-bond donors (Lipinski definition) is 3. The Hall–Kier alpha value is -0.460. The van der Waals surface area contributed by atoms with Crippen molar-refractivity contribution in [2.75, 3.05) is 14.2 Å². The third-order valence-electron chi connectivity index (χ3n) is 1.21. The summed E-state index contributed by atoms with van der Waals surface area (Å²) in [6, 6.07) is 0. The van der Waals surface area contributed by atoms with Crippen molar-refractivity contribution in [3.05, 3.63) is 0 Å². The second kappa shape index (κ2) is 3.51. The van der Waals surface area contributed by atoms with E-state index < -0.39 is 19.1 Å². The lowest BCUT2D eigenvalue weighted by atomic mass is 10.6. The Bertz CT molecular complexity index is 213. The summed E-state index contributed by atoms with van der Waals surface area (Å²) in [5.74, 6) is -1.87. The summed E-state index contributed by atoms with van der Waals surface area (Å²) in [6.07, 6.45) is 0. The number of methoxy groups -OCH3 is 2. The number of aliphatic carboxylic acids is 1. The van der Waals surface area contributed by atoms with Gasteiger partial charge < -0.3 is 24.4 Å². The van der Waals surface area contributed by atoms with Gasteiger partial charge >= 0.3 is 19.1 Å². The highest BCUT2D eigenvalue weighted by molar-refractivity contribution is 7.54. The summed E-state index contributed by atoms with van der Waals surface area (Å²) >= 11 is 0. The summed E-state index contributed by atoms with van der Waals surface area (Å²) in [7, 11) is -3.35. The highest BCUT2D eigenvalue weighted by atomic mass is 31.2. The van der Waals surface area contributed by atoms with Crippen molar-refractivity contribution in [2.24, 2.45) is 0 Å². The number of hydrogen-bond acceptors (Lipinski definition) is 4. The van der Waals surface area contributed by atoms with Crippen molar-refractivity contribution < 1.29 is 33.7 Å². The van der Waals surface area contributed by atoms with Crippen LogP contribution in [-0.4, -0.2) is 40.6 Å². The first-order valence-electron chi connectivity index (χ1n) is 2.71. The van der Waals surface area contributed by atoms with Crippen LogP contribution in [0.15, 0.2) is 0 Å². The van der Waals surface area contributed by atoms with E-state index in [1.807, 2.05) is 0 Å². The van der Waals surface area contributed by atoms with Gasteiger partial charge in [-0.2, -0.15) is 0 Å². The molecule has 0 fully saturated rings. The normalized spacial score (nSPS) is 13.0. The number of carboxylic acids is 1. The molecule has 0 amide bonds. The summed E-state index contributed by atoms with van der Waals surface area (Å²) in [5, 5.41) is 8.42. The fourth-order valence-electron chi connectivity index (χ4n) is 0.620. The summed E-state index contributed by atoms with van der Waals surface area (Å²) in [4.78, 5) is 27.5. The zero-order valence-electron chi connectivity index (χ0n) is 6.42. The molecule has 0 aromatic heterocycles. The minimum Gasteiger partial charge on any atom is -0.477 e. The van der Waals surface area contributed by atoms with E-state index >= 15 is 0 Å². The van der Waals surface area contributed by atoms with Gasteiger partial charge in [0.1, 0.15) is 0 Å². The zero-order chi connectivity index (χ0) is 9.99. The predicted octanol–water partition coefficient (Wildman–Crippen LogP) is -0.805. The van der Waals surface area contributed by atoms with Gasteiger partial charge in [-0.3, -0.25) is 4.57 Å². The lowest BCUT2D eigenvalue weighted by Crippen LogP contribution is -2.42. The molecule has 0 bridgehead atoms. The van der Waals surface area contributed by atoms with Crippen LogP contribution in [-0.2, 0) is 18.8 Å². The SMILES string of the molecule is COC(OC)(C(=O)O)P(=O)(O)O. The summed E-state index contributed by atoms with van der Waals surface area (Å²) in [6.45, 7) is 0. The van der Waals surface area contributed by atoms with E-state index in [-0.39, 0.29) is 0 Å². The summed E-state index contributed by atoms with van der Waals surface area (Å²) in [5.41, 5.74) is -2.90. The molecular formula is C4H9O7P. The van der Waals surface area contributed by atoms with Gasteiger partial charge in [-0.15, -0.1) is 0 Å². The first kappa shape index (κ1) is 11.5. The average molecular weight is 200 g/mol. The van der Waals surface area contributed by atoms with E-state index in [1.54, 1.807) is 0 Å². The zero-order valence-corrected chi connectivity index (χ0v) is 7.32. The Morgan fingerprint density at radius 3 is 1.67 bits per heavy atom. The molecule has 0 aromatic rings. The fraction of sp³-hybridized carbons (Fsp3) is 0.750. The molecule has 0 radical (unpaired) electrons. The number of ether oxygens (including phenoxy) is 2. The smallest absolute Gasteiger partial charge is 0.397 e. The summed E-state index contributed by atoms with van der Waals surface area (Å²) < 4.78 is 18.9. The molecule has 0 spiro atoms. The van der Waals surface area contributed by atoms with Crippen molar-refractivity contribution in [3.63, 3.8) is 0 Å². The van der Waals surface area contributed by atoms with Crippen LogP contribution < -0.4 is 0 Å². The Balaban J connectivity index is 5.12. The van der Waals surface area contributed by atoms with Crippen LogP contribution >= 0.6 is 7.60 Å². The largest absolute Gasteiger partial charge is 0.477 e. The monoisotopic (exact) mass is 200 g/mol. The Labute approximate surface area is 68.1 Å². The first-order chi connectivity index (χ1) is 5.31. The maximum absolute atomic E-state index is 10.6. The minimum atomic E-state index is -5.01. The molecule has 0 rings (SSSR count). The van der Waals surface area contributed by atoms with Crippen molar-refractivity contribution in [2.45, 2.75) is 5.53 Å². The van der Waals surface area contributed by atoms with Crippen LogP contribution in [0.25, 0.3) is 0 Å². The lowest BCUT2D eigenvalue weighted by molar-refractivity contribution is -0.197. The van der Waals surface area contributed by atoms with Gasteiger partial charge in [0.05, 0.1) is 0 Å². The molecule has 0 saturated heterocycles. The third-order valence-corrected chi connectivity index (χ3v) is 2.53. The maximum atomic E-state index is 10.6. The van der Waals surface area contributed by atoms with E-state index in [0.29, 0.717) is 0 Å². The minimum absolute atomic E-state index is 0.830. The van der Waals surface area contributed by atoms with E-state index in [4.69, 9.17) is 14.9 Å². The van der Waals surface area contributed by atoms with Crippen molar-refractivity contribution in [1.82, 2.24) is 0 Å². The second-order valence-corrected chi connectivity index (χ2v) is 3.52. The van der Waals surface area contributed by atoms with E-state index in [2.05, 4.69) is 9.47 Å². The fourth-order valence-corrected chi connectivity index (χ4v) is 1.35. The Morgan fingerprint density at radius 2 is 1.67 bits per heavy atom. The quantitative estimate of drug-likeness (QED) is 0.402. The average Bonchev–Trinajstić information content (AvgIpc) is 1.87. The Morgan fingerprint density at radius 1 is 1.33 bits per heavy atom. The highest BCUT2D eigenvalue weighted by Gasteiger charge is 2.56. The van der Waals surface area contributed by atoms with Gasteiger partial charge in [0.25, 0.3) is 0 Å². The van der Waals surface area contributed by atoms with E-state index in [9.17, 15) is 9.36 Å². The number of rotatable bonds is 4. The second-order valence-electron chi connectivity index (χ2n) is 1.84. The topological polar surface area (TPSA) is 113 Å². The molecule has 0 unspecified atom stereocenters. The van der Waals surface area contributed by atoms with Gasteiger partial charge in [-0.05, 0) is 0 Å². The molecule has 3 N–H and O–H groups in total. The third kappa shape index (κ3) is 1.65. The molecule has 8 heteroatoms. The van der Waals surface area contributed by atoms with E-state index in [1.165, 1.54) is 0 Å². The highest BCUT2D eigenvalue weighted by Crippen LogP contribution is 2.51. The number of carboxylic acid groups (broad SMARTS) is 1. The van der Waals surface area contributed by atoms with Gasteiger partial charge in [0.2, 0.25) is 0 Å². The van der Waals surface area contributed by atoms with Crippen LogP contribution in [0.4, 0.5) is 0 Å². The molecule has 0 aliphatic rings. The molecule has 0 aromatic carbocycles. The molecule has 0 saturated carbocycles. The first-order valence-corrected chi connectivity index (χ1v) is 4.32. The molecule has 0 aliphatic heterocycles. The van der Waals surface area contributed by atoms with Crippen molar-refractivity contribution in [3.8, 4) is 0 Å². The van der Waals surface area contributed by atoms with Crippen LogP contribution in [0.5, 0.6) is 0 Å². The van der Waals surface area contributed by atoms with Crippen LogP contribution in [0.2, 0.25) is 0 Å². The molecule has 0 heterocycles. The molecular weight excluding hydrogens is 191 g/mol. The molecule has 12 heavy (non-hydrogen) atoms. The predicted molar refractivity (Wildman–Crippen MR) is 36.4 cm³/mol. The van der Waals surface area contributed by atoms with Crippen LogP contribution in [0.1, 0.15) is 0 Å². The van der Waals surface area contributed by atoms with Crippen LogP contribution in [0.3, 0.4) is 0 Å². The van der Waals surface area contributed by atoms with Gasteiger partial charge in [0, 0.05) is 14.2 Å². The Kier molecular flexibility index (Phi) is 3.37. The molecule has 0 atom stereocenters. The molecule has 72 valence electrons. The van der Waals surface area contributed by atoms with Gasteiger partial charge in [-0.1, -0.05) is 0 Å². The van der Waals surface area contributed by atoms with Gasteiger partial charge in [0.15, 0.2) is 0 Å². The molecule has 7 nitrogen and oxygen atoms in total. The van der Waals surface area contributed by atoms with Crippen molar-refractivity contribution in [1.29, 1.82) is 0 Å². The van der Waals surface area contributed by atoms with Crippen molar-refractivity contribution >= 4 is 13.6 Å².